The average molecular weight is 233 g/mol. The molecule has 0 aliphatic carbocycles. The monoisotopic (exact) mass is 233 g/mol. The van der Waals surface area contributed by atoms with E-state index in [1.807, 2.05) is 19.3 Å². The summed E-state index contributed by atoms with van der Waals surface area (Å²) >= 11 is 0. The van der Waals surface area contributed by atoms with Gasteiger partial charge in [-0.25, -0.2) is 0 Å². The van der Waals surface area contributed by atoms with Crippen molar-refractivity contribution in [3.05, 3.63) is 40.6 Å². The first-order chi connectivity index (χ1) is 8.11. The lowest BCUT2D eigenvalue weighted by Crippen LogP contribution is -1.94. The molecule has 0 amide bonds. The molecule has 1 heterocycles. The van der Waals surface area contributed by atoms with Crippen LogP contribution in [0, 0.1) is 10.1 Å². The second-order valence-corrected chi connectivity index (χ2v) is 3.52. The third kappa shape index (κ3) is 2.10. The van der Waals surface area contributed by atoms with Crippen LogP contribution in [0.3, 0.4) is 0 Å². The summed E-state index contributed by atoms with van der Waals surface area (Å²) in [7, 11) is 3.22. The standard InChI is InChI=1S/C11H11N3O3/c1-13-6-5-9(12-13)8-3-4-10(14(15)16)11(7-8)17-2/h3-7H,1-2H3. The quantitative estimate of drug-likeness (QED) is 0.600. The number of nitro groups is 1. The van der Waals surface area contributed by atoms with Crippen LogP contribution in [0.4, 0.5) is 5.69 Å². The second kappa shape index (κ2) is 4.25. The number of aryl methyl sites for hydroxylation is 1. The van der Waals surface area contributed by atoms with Gasteiger partial charge in [-0.1, -0.05) is 0 Å². The van der Waals surface area contributed by atoms with Crippen molar-refractivity contribution >= 4 is 5.69 Å². The Morgan fingerprint density at radius 1 is 1.41 bits per heavy atom. The van der Waals surface area contributed by atoms with Crippen LogP contribution in [0.25, 0.3) is 11.3 Å². The van der Waals surface area contributed by atoms with Crippen molar-refractivity contribution in [2.75, 3.05) is 7.11 Å². The van der Waals surface area contributed by atoms with Crippen LogP contribution in [0.5, 0.6) is 5.75 Å². The fourth-order valence-electron chi connectivity index (χ4n) is 1.56. The molecule has 0 atom stereocenters. The fourth-order valence-corrected chi connectivity index (χ4v) is 1.56. The van der Waals surface area contributed by atoms with Gasteiger partial charge < -0.3 is 4.74 Å². The summed E-state index contributed by atoms with van der Waals surface area (Å²) in [4.78, 5) is 10.3. The maximum Gasteiger partial charge on any atom is 0.310 e. The van der Waals surface area contributed by atoms with Crippen LogP contribution in [-0.4, -0.2) is 21.8 Å². The van der Waals surface area contributed by atoms with Crippen molar-refractivity contribution < 1.29 is 9.66 Å². The van der Waals surface area contributed by atoms with Crippen molar-refractivity contribution in [1.29, 1.82) is 0 Å². The van der Waals surface area contributed by atoms with Gasteiger partial charge in [0.05, 0.1) is 17.7 Å². The smallest absolute Gasteiger partial charge is 0.310 e. The number of hydrogen-bond donors (Lipinski definition) is 0. The third-order valence-corrected chi connectivity index (χ3v) is 2.39. The Bertz CT molecular complexity index is 563. The molecule has 6 nitrogen and oxygen atoms in total. The molecule has 6 heteroatoms. The van der Waals surface area contributed by atoms with E-state index in [1.54, 1.807) is 16.8 Å². The van der Waals surface area contributed by atoms with Gasteiger partial charge in [-0.3, -0.25) is 14.8 Å². The first-order valence-corrected chi connectivity index (χ1v) is 4.94. The van der Waals surface area contributed by atoms with E-state index >= 15 is 0 Å². The molecule has 1 aromatic carbocycles. The van der Waals surface area contributed by atoms with Gasteiger partial charge in [0.2, 0.25) is 0 Å². The number of nitrogens with zero attached hydrogens (tertiary/aromatic N) is 3. The molecule has 0 saturated heterocycles. The van der Waals surface area contributed by atoms with E-state index in [2.05, 4.69) is 5.10 Å². The maximum absolute atomic E-state index is 10.7. The van der Waals surface area contributed by atoms with Gasteiger partial charge in [0.25, 0.3) is 0 Å². The van der Waals surface area contributed by atoms with Crippen LogP contribution in [0.15, 0.2) is 30.5 Å². The molecule has 0 saturated carbocycles. The van der Waals surface area contributed by atoms with Gasteiger partial charge in [0.15, 0.2) is 5.75 Å². The molecular weight excluding hydrogens is 222 g/mol. The Balaban J connectivity index is 2.48. The predicted molar refractivity (Wildman–Crippen MR) is 61.9 cm³/mol. The van der Waals surface area contributed by atoms with E-state index in [1.165, 1.54) is 13.2 Å². The zero-order valence-electron chi connectivity index (χ0n) is 9.45. The highest BCUT2D eigenvalue weighted by molar-refractivity contribution is 5.65. The van der Waals surface area contributed by atoms with Crippen molar-refractivity contribution in [1.82, 2.24) is 9.78 Å². The number of benzene rings is 1. The zero-order chi connectivity index (χ0) is 12.4. The van der Waals surface area contributed by atoms with Crippen LogP contribution in [0.2, 0.25) is 0 Å². The molecule has 17 heavy (non-hydrogen) atoms. The molecule has 0 spiro atoms. The molecule has 0 N–H and O–H groups in total. The van der Waals surface area contributed by atoms with Crippen LogP contribution in [-0.2, 0) is 7.05 Å². The van der Waals surface area contributed by atoms with Gasteiger partial charge in [0, 0.05) is 24.9 Å². The molecule has 0 aliphatic rings. The van der Waals surface area contributed by atoms with Crippen LogP contribution in [0.1, 0.15) is 0 Å². The first kappa shape index (κ1) is 11.1. The average Bonchev–Trinajstić information content (AvgIpc) is 2.75. The molecular formula is C11H11N3O3. The Kier molecular flexibility index (Phi) is 2.78. The SMILES string of the molecule is COc1cc(-c2ccn(C)n2)ccc1[N+](=O)[O-]. The lowest BCUT2D eigenvalue weighted by atomic mass is 10.1. The van der Waals surface area contributed by atoms with Crippen molar-refractivity contribution in [2.24, 2.45) is 7.05 Å². The minimum atomic E-state index is -0.471. The lowest BCUT2D eigenvalue weighted by molar-refractivity contribution is -0.385. The molecule has 0 bridgehead atoms. The number of methoxy groups -OCH3 is 1. The van der Waals surface area contributed by atoms with E-state index in [9.17, 15) is 10.1 Å². The minimum Gasteiger partial charge on any atom is -0.490 e. The Labute approximate surface area is 97.6 Å². The van der Waals surface area contributed by atoms with Gasteiger partial charge in [0.1, 0.15) is 0 Å². The highest BCUT2D eigenvalue weighted by atomic mass is 16.6. The summed E-state index contributed by atoms with van der Waals surface area (Å²) in [5.41, 5.74) is 1.49. The van der Waals surface area contributed by atoms with E-state index in [0.717, 1.165) is 11.3 Å². The number of ether oxygens (including phenoxy) is 1. The fraction of sp³-hybridized carbons (Fsp3) is 0.182. The molecule has 0 radical (unpaired) electrons. The topological polar surface area (TPSA) is 70.2 Å². The van der Waals surface area contributed by atoms with Gasteiger partial charge in [-0.2, -0.15) is 5.10 Å². The lowest BCUT2D eigenvalue weighted by Gasteiger charge is -2.03. The second-order valence-electron chi connectivity index (χ2n) is 3.52. The number of aromatic nitrogens is 2. The Morgan fingerprint density at radius 2 is 2.18 bits per heavy atom. The summed E-state index contributed by atoms with van der Waals surface area (Å²) in [5.74, 6) is 0.234. The molecule has 2 aromatic rings. The predicted octanol–water partition coefficient (Wildman–Crippen LogP) is 2.00. The van der Waals surface area contributed by atoms with Crippen molar-refractivity contribution in [2.45, 2.75) is 0 Å². The first-order valence-electron chi connectivity index (χ1n) is 4.94. The normalized spacial score (nSPS) is 10.2. The van der Waals surface area contributed by atoms with E-state index in [-0.39, 0.29) is 11.4 Å². The van der Waals surface area contributed by atoms with E-state index in [4.69, 9.17) is 4.74 Å². The highest BCUT2D eigenvalue weighted by Gasteiger charge is 2.15. The minimum absolute atomic E-state index is 0.0489. The summed E-state index contributed by atoms with van der Waals surface area (Å²) in [5, 5.41) is 15.0. The molecule has 1 aromatic heterocycles. The molecule has 0 fully saturated rings. The highest BCUT2D eigenvalue weighted by Crippen LogP contribution is 2.31. The molecule has 2 rings (SSSR count). The summed E-state index contributed by atoms with van der Waals surface area (Å²) in [6.07, 6.45) is 1.81. The van der Waals surface area contributed by atoms with Crippen molar-refractivity contribution in [3.8, 4) is 17.0 Å². The van der Waals surface area contributed by atoms with Gasteiger partial charge in [-0.15, -0.1) is 0 Å². The molecule has 0 aliphatic heterocycles. The number of nitro benzene ring substituents is 1. The van der Waals surface area contributed by atoms with Gasteiger partial charge >= 0.3 is 5.69 Å². The van der Waals surface area contributed by atoms with E-state index < -0.39 is 4.92 Å². The van der Waals surface area contributed by atoms with Crippen molar-refractivity contribution in [3.63, 3.8) is 0 Å². The summed E-state index contributed by atoms with van der Waals surface area (Å²) in [6.45, 7) is 0. The summed E-state index contributed by atoms with van der Waals surface area (Å²) in [6, 6.07) is 6.52. The largest absolute Gasteiger partial charge is 0.490 e. The third-order valence-electron chi connectivity index (χ3n) is 2.39. The number of hydrogen-bond acceptors (Lipinski definition) is 4. The molecule has 88 valence electrons. The number of rotatable bonds is 3. The van der Waals surface area contributed by atoms with Gasteiger partial charge in [-0.05, 0) is 18.2 Å². The van der Waals surface area contributed by atoms with Crippen LogP contribution >= 0.6 is 0 Å². The zero-order valence-corrected chi connectivity index (χ0v) is 9.45. The Hall–Kier alpha value is -2.37. The molecule has 0 unspecified atom stereocenters. The summed E-state index contributed by atoms with van der Waals surface area (Å²) < 4.78 is 6.67. The Morgan fingerprint density at radius 3 is 2.71 bits per heavy atom. The maximum atomic E-state index is 10.7. The van der Waals surface area contributed by atoms with E-state index in [0.29, 0.717) is 0 Å². The van der Waals surface area contributed by atoms with Crippen LogP contribution < -0.4 is 4.74 Å².